The Morgan fingerprint density at radius 1 is 1.42 bits per heavy atom. The molecule has 0 aliphatic rings. The number of hydrogen-bond acceptors (Lipinski definition) is 4. The molecule has 0 saturated carbocycles. The van der Waals surface area contributed by atoms with Crippen LogP contribution in [0.25, 0.3) is 0 Å². The zero-order valence-corrected chi connectivity index (χ0v) is 12.2. The monoisotopic (exact) mass is 269 g/mol. The number of benzene rings is 1. The number of nitrogens with zero attached hydrogens (tertiary/aromatic N) is 1. The minimum atomic E-state index is -0.420. The van der Waals surface area contributed by atoms with E-state index in [-0.39, 0.29) is 11.8 Å². The van der Waals surface area contributed by atoms with Crippen LogP contribution in [0.15, 0.2) is 12.1 Å². The minimum absolute atomic E-state index is 0.210. The normalized spacial score (nSPS) is 12.5. The predicted molar refractivity (Wildman–Crippen MR) is 78.2 cm³/mol. The first-order valence-corrected chi connectivity index (χ1v) is 6.57. The van der Waals surface area contributed by atoms with Gasteiger partial charge in [-0.1, -0.05) is 6.92 Å². The number of nitrogens with two attached hydrogens (primary N) is 1. The van der Waals surface area contributed by atoms with Gasteiger partial charge in [-0.25, -0.2) is 4.39 Å². The molecular formula is C14H24FN3O. The maximum Gasteiger partial charge on any atom is 0.167 e. The molecule has 0 heterocycles. The van der Waals surface area contributed by atoms with Crippen molar-refractivity contribution in [3.63, 3.8) is 0 Å². The summed E-state index contributed by atoms with van der Waals surface area (Å²) in [4.78, 5) is 2.08. The van der Waals surface area contributed by atoms with E-state index in [1.807, 2.05) is 21.0 Å². The summed E-state index contributed by atoms with van der Waals surface area (Å²) in [6.45, 7) is 5.39. The van der Waals surface area contributed by atoms with Gasteiger partial charge in [0.15, 0.2) is 11.6 Å². The summed E-state index contributed by atoms with van der Waals surface area (Å²) >= 11 is 0. The maximum absolute atomic E-state index is 13.7. The average molecular weight is 269 g/mol. The van der Waals surface area contributed by atoms with E-state index < -0.39 is 5.82 Å². The smallest absolute Gasteiger partial charge is 0.167 e. The fourth-order valence-electron chi connectivity index (χ4n) is 1.88. The van der Waals surface area contributed by atoms with Crippen molar-refractivity contribution >= 4 is 11.4 Å². The van der Waals surface area contributed by atoms with Gasteiger partial charge in [0.2, 0.25) is 0 Å². The highest BCUT2D eigenvalue weighted by Crippen LogP contribution is 2.28. The molecular weight excluding hydrogens is 245 g/mol. The lowest BCUT2D eigenvalue weighted by Gasteiger charge is -2.21. The summed E-state index contributed by atoms with van der Waals surface area (Å²) in [7, 11) is 4.00. The van der Waals surface area contributed by atoms with E-state index in [0.717, 1.165) is 13.0 Å². The van der Waals surface area contributed by atoms with Crippen LogP contribution in [-0.4, -0.2) is 38.2 Å². The summed E-state index contributed by atoms with van der Waals surface area (Å²) < 4.78 is 19.0. The molecule has 0 saturated heterocycles. The lowest BCUT2D eigenvalue weighted by Crippen LogP contribution is -2.29. The van der Waals surface area contributed by atoms with Gasteiger partial charge in [0, 0.05) is 24.7 Å². The van der Waals surface area contributed by atoms with E-state index >= 15 is 0 Å². The maximum atomic E-state index is 13.7. The molecule has 0 aliphatic carbocycles. The highest BCUT2D eigenvalue weighted by molar-refractivity contribution is 5.69. The Morgan fingerprint density at radius 2 is 2.11 bits per heavy atom. The van der Waals surface area contributed by atoms with Crippen LogP contribution in [0.4, 0.5) is 15.8 Å². The SMILES string of the molecule is CCCOc1cc(NC(C)CN(C)C)c(N)cc1F. The van der Waals surface area contributed by atoms with Crippen molar-refractivity contribution in [1.82, 2.24) is 4.90 Å². The molecule has 0 amide bonds. The summed E-state index contributed by atoms with van der Waals surface area (Å²) in [6.07, 6.45) is 0.837. The Kier molecular flexibility index (Phi) is 5.89. The van der Waals surface area contributed by atoms with Crippen LogP contribution in [0.3, 0.4) is 0 Å². The third kappa shape index (κ3) is 4.95. The summed E-state index contributed by atoms with van der Waals surface area (Å²) in [5.74, 6) is -0.174. The number of nitrogen functional groups attached to an aromatic ring is 1. The first-order valence-electron chi connectivity index (χ1n) is 6.57. The van der Waals surface area contributed by atoms with Gasteiger partial charge in [-0.05, 0) is 27.4 Å². The third-order valence-corrected chi connectivity index (χ3v) is 2.61. The van der Waals surface area contributed by atoms with Gasteiger partial charge in [0.1, 0.15) is 0 Å². The van der Waals surface area contributed by atoms with E-state index in [2.05, 4.69) is 17.1 Å². The van der Waals surface area contributed by atoms with Crippen LogP contribution in [0.5, 0.6) is 5.75 Å². The number of anilines is 2. The van der Waals surface area contributed by atoms with Gasteiger partial charge in [0.25, 0.3) is 0 Å². The number of rotatable bonds is 7. The van der Waals surface area contributed by atoms with Gasteiger partial charge in [-0.2, -0.15) is 0 Å². The molecule has 1 atom stereocenters. The molecule has 0 aromatic heterocycles. The Labute approximate surface area is 114 Å². The van der Waals surface area contributed by atoms with Crippen LogP contribution in [0.1, 0.15) is 20.3 Å². The van der Waals surface area contributed by atoms with E-state index in [1.54, 1.807) is 6.07 Å². The molecule has 108 valence electrons. The van der Waals surface area contributed by atoms with Crippen molar-refractivity contribution in [3.05, 3.63) is 17.9 Å². The molecule has 19 heavy (non-hydrogen) atoms. The van der Waals surface area contributed by atoms with E-state index in [0.29, 0.717) is 18.0 Å². The fourth-order valence-corrected chi connectivity index (χ4v) is 1.88. The Bertz CT molecular complexity index is 410. The van der Waals surface area contributed by atoms with E-state index in [9.17, 15) is 4.39 Å². The highest BCUT2D eigenvalue weighted by Gasteiger charge is 2.11. The standard InChI is InChI=1S/C14H24FN3O/c1-5-6-19-14-8-13(12(16)7-11(14)15)17-10(2)9-18(3)4/h7-8,10,17H,5-6,9,16H2,1-4H3. The summed E-state index contributed by atoms with van der Waals surface area (Å²) in [5.41, 5.74) is 6.93. The lowest BCUT2D eigenvalue weighted by molar-refractivity contribution is 0.301. The molecule has 0 radical (unpaired) electrons. The molecule has 0 bridgehead atoms. The van der Waals surface area contributed by atoms with Crippen molar-refractivity contribution in [2.24, 2.45) is 0 Å². The lowest BCUT2D eigenvalue weighted by atomic mass is 10.2. The number of halogens is 1. The van der Waals surface area contributed by atoms with Crippen LogP contribution in [0, 0.1) is 5.82 Å². The van der Waals surface area contributed by atoms with Crippen LogP contribution < -0.4 is 15.8 Å². The average Bonchev–Trinajstić information content (AvgIpc) is 2.30. The van der Waals surface area contributed by atoms with Crippen LogP contribution in [-0.2, 0) is 0 Å². The predicted octanol–water partition coefficient (Wildman–Crippen LogP) is 2.56. The second kappa shape index (κ2) is 7.19. The van der Waals surface area contributed by atoms with Crippen LogP contribution >= 0.6 is 0 Å². The van der Waals surface area contributed by atoms with Gasteiger partial charge in [0.05, 0.1) is 18.0 Å². The van der Waals surface area contributed by atoms with Gasteiger partial charge >= 0.3 is 0 Å². The molecule has 5 heteroatoms. The second-order valence-corrected chi connectivity index (χ2v) is 5.03. The van der Waals surface area contributed by atoms with Crippen molar-refractivity contribution in [2.75, 3.05) is 38.3 Å². The number of ether oxygens (including phenoxy) is 1. The van der Waals surface area contributed by atoms with Crippen molar-refractivity contribution in [2.45, 2.75) is 26.3 Å². The minimum Gasteiger partial charge on any atom is -0.490 e. The molecule has 1 unspecified atom stereocenters. The number of hydrogen-bond donors (Lipinski definition) is 2. The molecule has 0 fully saturated rings. The van der Waals surface area contributed by atoms with Crippen molar-refractivity contribution in [3.8, 4) is 5.75 Å². The Balaban J connectivity index is 2.81. The van der Waals surface area contributed by atoms with E-state index in [1.165, 1.54) is 6.07 Å². The summed E-state index contributed by atoms with van der Waals surface area (Å²) in [6, 6.07) is 3.14. The third-order valence-electron chi connectivity index (χ3n) is 2.61. The molecule has 1 aromatic rings. The quantitative estimate of drug-likeness (QED) is 0.747. The number of likely N-dealkylation sites (N-methyl/N-ethyl adjacent to an activating group) is 1. The summed E-state index contributed by atoms with van der Waals surface area (Å²) in [5, 5.41) is 3.27. The van der Waals surface area contributed by atoms with Crippen molar-refractivity contribution < 1.29 is 9.13 Å². The fraction of sp³-hybridized carbons (Fsp3) is 0.571. The molecule has 4 nitrogen and oxygen atoms in total. The molecule has 1 rings (SSSR count). The highest BCUT2D eigenvalue weighted by atomic mass is 19.1. The molecule has 0 aliphatic heterocycles. The zero-order valence-electron chi connectivity index (χ0n) is 12.2. The molecule has 1 aromatic carbocycles. The Hall–Kier alpha value is -1.49. The molecule has 0 spiro atoms. The number of nitrogens with one attached hydrogen (secondary N) is 1. The van der Waals surface area contributed by atoms with Gasteiger partial charge < -0.3 is 20.7 Å². The van der Waals surface area contributed by atoms with E-state index in [4.69, 9.17) is 10.5 Å². The Morgan fingerprint density at radius 3 is 2.68 bits per heavy atom. The first kappa shape index (κ1) is 15.6. The largest absolute Gasteiger partial charge is 0.490 e. The molecule has 3 N–H and O–H groups in total. The van der Waals surface area contributed by atoms with Crippen LogP contribution in [0.2, 0.25) is 0 Å². The van der Waals surface area contributed by atoms with Crippen molar-refractivity contribution in [1.29, 1.82) is 0 Å². The zero-order chi connectivity index (χ0) is 14.4. The van der Waals surface area contributed by atoms with Gasteiger partial charge in [-0.15, -0.1) is 0 Å². The second-order valence-electron chi connectivity index (χ2n) is 5.03. The van der Waals surface area contributed by atoms with Gasteiger partial charge in [-0.3, -0.25) is 0 Å². The topological polar surface area (TPSA) is 50.5 Å². The first-order chi connectivity index (χ1) is 8.93.